The SMILES string of the molecule is C[C@@H](Oc1ccc(F)c(F)c1)C(=O)NCC1CC1. The molecule has 1 fully saturated rings. The second-order valence-electron chi connectivity index (χ2n) is 4.52. The lowest BCUT2D eigenvalue weighted by Crippen LogP contribution is -2.37. The Morgan fingerprint density at radius 2 is 2.17 bits per heavy atom. The van der Waals surface area contributed by atoms with Gasteiger partial charge in [-0.2, -0.15) is 0 Å². The Labute approximate surface area is 104 Å². The minimum absolute atomic E-state index is 0.142. The predicted molar refractivity (Wildman–Crippen MR) is 62.2 cm³/mol. The van der Waals surface area contributed by atoms with Crippen LogP contribution in [-0.4, -0.2) is 18.6 Å². The molecule has 5 heteroatoms. The summed E-state index contributed by atoms with van der Waals surface area (Å²) in [5, 5.41) is 2.76. The maximum Gasteiger partial charge on any atom is 0.260 e. The largest absolute Gasteiger partial charge is 0.481 e. The Balaban J connectivity index is 1.86. The molecule has 1 aromatic rings. The zero-order valence-electron chi connectivity index (χ0n) is 10.1. The van der Waals surface area contributed by atoms with E-state index in [1.807, 2.05) is 0 Å². The minimum Gasteiger partial charge on any atom is -0.481 e. The van der Waals surface area contributed by atoms with Crippen molar-refractivity contribution in [3.8, 4) is 5.75 Å². The highest BCUT2D eigenvalue weighted by Crippen LogP contribution is 2.27. The molecule has 1 atom stereocenters. The van der Waals surface area contributed by atoms with E-state index in [1.165, 1.54) is 6.07 Å². The second kappa shape index (κ2) is 5.33. The first kappa shape index (κ1) is 12.8. The summed E-state index contributed by atoms with van der Waals surface area (Å²) < 4.78 is 30.9. The lowest BCUT2D eigenvalue weighted by Gasteiger charge is -2.14. The Bertz CT molecular complexity index is 447. The fraction of sp³-hybridized carbons (Fsp3) is 0.462. The van der Waals surface area contributed by atoms with Crippen molar-refractivity contribution in [2.45, 2.75) is 25.9 Å². The molecule has 0 spiro atoms. The average Bonchev–Trinajstić information content (AvgIpc) is 3.14. The standard InChI is InChI=1S/C13H15F2NO2/c1-8(13(17)16-7-9-2-3-9)18-10-4-5-11(14)12(15)6-10/h4-6,8-9H,2-3,7H2,1H3,(H,16,17)/t8-/m1/s1. The molecule has 1 N–H and O–H groups in total. The summed E-state index contributed by atoms with van der Waals surface area (Å²) in [5.41, 5.74) is 0. The van der Waals surface area contributed by atoms with E-state index in [2.05, 4.69) is 5.32 Å². The molecule has 0 aromatic heterocycles. The van der Waals surface area contributed by atoms with Gasteiger partial charge >= 0.3 is 0 Å². The highest BCUT2D eigenvalue weighted by molar-refractivity contribution is 5.80. The summed E-state index contributed by atoms with van der Waals surface area (Å²) in [6.45, 7) is 2.23. The maximum atomic E-state index is 12.9. The molecule has 0 radical (unpaired) electrons. The Morgan fingerprint density at radius 3 is 2.78 bits per heavy atom. The summed E-state index contributed by atoms with van der Waals surface area (Å²) in [4.78, 5) is 11.6. The van der Waals surface area contributed by atoms with E-state index in [0.29, 0.717) is 12.5 Å². The van der Waals surface area contributed by atoms with E-state index in [9.17, 15) is 13.6 Å². The van der Waals surface area contributed by atoms with Gasteiger partial charge in [0, 0.05) is 12.6 Å². The molecule has 1 amide bonds. The lowest BCUT2D eigenvalue weighted by atomic mass is 10.3. The normalized spacial score (nSPS) is 16.2. The third kappa shape index (κ3) is 3.42. The van der Waals surface area contributed by atoms with Gasteiger partial charge in [-0.05, 0) is 37.8 Å². The number of hydrogen-bond acceptors (Lipinski definition) is 2. The second-order valence-corrected chi connectivity index (χ2v) is 4.52. The number of carbonyl (C=O) groups is 1. The molecule has 0 bridgehead atoms. The topological polar surface area (TPSA) is 38.3 Å². The molecule has 3 nitrogen and oxygen atoms in total. The van der Waals surface area contributed by atoms with Crippen LogP contribution in [0.4, 0.5) is 8.78 Å². The minimum atomic E-state index is -0.988. The van der Waals surface area contributed by atoms with E-state index >= 15 is 0 Å². The Morgan fingerprint density at radius 1 is 1.44 bits per heavy atom. The van der Waals surface area contributed by atoms with Gasteiger partial charge in [0.1, 0.15) is 5.75 Å². The van der Waals surface area contributed by atoms with E-state index in [4.69, 9.17) is 4.74 Å². The van der Waals surface area contributed by atoms with Gasteiger partial charge < -0.3 is 10.1 Å². The molecule has 1 aromatic carbocycles. The van der Waals surface area contributed by atoms with Crippen molar-refractivity contribution in [3.63, 3.8) is 0 Å². The summed E-state index contributed by atoms with van der Waals surface area (Å²) in [6, 6.07) is 3.20. The number of amides is 1. The van der Waals surface area contributed by atoms with Crippen molar-refractivity contribution in [1.29, 1.82) is 0 Å². The average molecular weight is 255 g/mol. The molecular weight excluding hydrogens is 240 g/mol. The molecule has 0 aliphatic heterocycles. The van der Waals surface area contributed by atoms with E-state index < -0.39 is 17.7 Å². The third-order valence-corrected chi connectivity index (χ3v) is 2.84. The smallest absolute Gasteiger partial charge is 0.260 e. The molecule has 98 valence electrons. The van der Waals surface area contributed by atoms with Crippen LogP contribution >= 0.6 is 0 Å². The maximum absolute atomic E-state index is 12.9. The summed E-state index contributed by atoms with van der Waals surface area (Å²) in [6.07, 6.45) is 1.57. The van der Waals surface area contributed by atoms with Gasteiger partial charge in [0.05, 0.1) is 0 Å². The third-order valence-electron chi connectivity index (χ3n) is 2.84. The van der Waals surface area contributed by atoms with E-state index in [-0.39, 0.29) is 11.7 Å². The summed E-state index contributed by atoms with van der Waals surface area (Å²) in [5.74, 6) is -1.44. The summed E-state index contributed by atoms with van der Waals surface area (Å²) >= 11 is 0. The number of hydrogen-bond donors (Lipinski definition) is 1. The number of carbonyl (C=O) groups excluding carboxylic acids is 1. The van der Waals surface area contributed by atoms with Crippen molar-refractivity contribution < 1.29 is 18.3 Å². The zero-order valence-corrected chi connectivity index (χ0v) is 10.1. The van der Waals surface area contributed by atoms with Crippen molar-refractivity contribution in [3.05, 3.63) is 29.8 Å². The first-order valence-electron chi connectivity index (χ1n) is 5.95. The molecule has 0 unspecified atom stereocenters. The number of rotatable bonds is 5. The van der Waals surface area contributed by atoms with Crippen molar-refractivity contribution in [1.82, 2.24) is 5.32 Å². The van der Waals surface area contributed by atoms with Crippen LogP contribution in [0.3, 0.4) is 0 Å². The molecule has 0 saturated heterocycles. The fourth-order valence-corrected chi connectivity index (χ4v) is 1.52. The highest BCUT2D eigenvalue weighted by atomic mass is 19.2. The number of nitrogens with one attached hydrogen (secondary N) is 1. The van der Waals surface area contributed by atoms with Crippen LogP contribution in [0.15, 0.2) is 18.2 Å². The predicted octanol–water partition coefficient (Wildman–Crippen LogP) is 2.26. The van der Waals surface area contributed by atoms with Crippen LogP contribution in [0.5, 0.6) is 5.75 Å². The fourth-order valence-electron chi connectivity index (χ4n) is 1.52. The van der Waals surface area contributed by atoms with Gasteiger partial charge in [0.15, 0.2) is 17.7 Å². The van der Waals surface area contributed by atoms with Gasteiger partial charge in [0.2, 0.25) is 0 Å². The molecule has 2 rings (SSSR count). The van der Waals surface area contributed by atoms with Gasteiger partial charge in [-0.25, -0.2) is 8.78 Å². The molecular formula is C13H15F2NO2. The number of halogens is 2. The Hall–Kier alpha value is -1.65. The summed E-state index contributed by atoms with van der Waals surface area (Å²) in [7, 11) is 0. The van der Waals surface area contributed by atoms with Gasteiger partial charge in [-0.1, -0.05) is 0 Å². The monoisotopic (exact) mass is 255 g/mol. The Kier molecular flexibility index (Phi) is 3.79. The van der Waals surface area contributed by atoms with E-state index in [0.717, 1.165) is 25.0 Å². The van der Waals surface area contributed by atoms with Gasteiger partial charge in [-0.15, -0.1) is 0 Å². The van der Waals surface area contributed by atoms with Crippen LogP contribution in [0.2, 0.25) is 0 Å². The molecule has 1 aliphatic rings. The van der Waals surface area contributed by atoms with E-state index in [1.54, 1.807) is 6.92 Å². The molecule has 1 saturated carbocycles. The van der Waals surface area contributed by atoms with Gasteiger partial charge in [-0.3, -0.25) is 4.79 Å². The molecule has 0 heterocycles. The lowest BCUT2D eigenvalue weighted by molar-refractivity contribution is -0.127. The zero-order chi connectivity index (χ0) is 13.1. The number of ether oxygens (including phenoxy) is 1. The van der Waals surface area contributed by atoms with Gasteiger partial charge in [0.25, 0.3) is 5.91 Å². The van der Waals surface area contributed by atoms with Crippen LogP contribution < -0.4 is 10.1 Å². The molecule has 18 heavy (non-hydrogen) atoms. The first-order valence-corrected chi connectivity index (χ1v) is 5.95. The van der Waals surface area contributed by atoms with Crippen molar-refractivity contribution in [2.75, 3.05) is 6.54 Å². The van der Waals surface area contributed by atoms with Crippen molar-refractivity contribution >= 4 is 5.91 Å². The number of benzene rings is 1. The van der Waals surface area contributed by atoms with Crippen LogP contribution in [0.1, 0.15) is 19.8 Å². The van der Waals surface area contributed by atoms with Crippen LogP contribution in [0, 0.1) is 17.6 Å². The quantitative estimate of drug-likeness (QED) is 0.876. The van der Waals surface area contributed by atoms with Crippen LogP contribution in [0.25, 0.3) is 0 Å². The van der Waals surface area contributed by atoms with Crippen molar-refractivity contribution in [2.24, 2.45) is 5.92 Å². The van der Waals surface area contributed by atoms with Crippen LogP contribution in [-0.2, 0) is 4.79 Å². The molecule has 1 aliphatic carbocycles. The highest BCUT2D eigenvalue weighted by Gasteiger charge is 2.23. The first-order chi connectivity index (χ1) is 8.56.